The summed E-state index contributed by atoms with van der Waals surface area (Å²) < 4.78 is -0.458. The minimum absolute atomic E-state index is 0.458. The van der Waals surface area contributed by atoms with Crippen molar-refractivity contribution in [1.82, 2.24) is 0 Å². The third kappa shape index (κ3) is 2.81. The number of carboxylic acid groups (broad SMARTS) is 1. The molecule has 1 aliphatic heterocycles. The van der Waals surface area contributed by atoms with E-state index < -0.39 is 10.7 Å². The fourth-order valence-corrected chi connectivity index (χ4v) is 4.44. The minimum atomic E-state index is -0.612. The molecule has 0 saturated carbocycles. The van der Waals surface area contributed by atoms with E-state index in [1.807, 2.05) is 0 Å². The maximum atomic E-state index is 11.1. The van der Waals surface area contributed by atoms with E-state index >= 15 is 0 Å². The highest BCUT2D eigenvalue weighted by Gasteiger charge is 2.41. The van der Waals surface area contributed by atoms with Crippen molar-refractivity contribution in [2.24, 2.45) is 0 Å². The minimum Gasteiger partial charge on any atom is -0.480 e. The van der Waals surface area contributed by atoms with Gasteiger partial charge in [0.2, 0.25) is 0 Å². The molecule has 0 bridgehead atoms. The first-order valence-electron chi connectivity index (χ1n) is 4.66. The van der Waals surface area contributed by atoms with E-state index in [0.717, 1.165) is 36.5 Å². The molecule has 1 aliphatic rings. The molecule has 1 heterocycles. The molecule has 4 heteroatoms. The van der Waals surface area contributed by atoms with Gasteiger partial charge in [0.15, 0.2) is 0 Å². The Hall–Kier alpha value is 0.170. The van der Waals surface area contributed by atoms with Gasteiger partial charge < -0.3 is 5.11 Å². The molecule has 1 unspecified atom stereocenters. The zero-order valence-electron chi connectivity index (χ0n) is 7.91. The molecule has 1 atom stereocenters. The van der Waals surface area contributed by atoms with Crippen molar-refractivity contribution in [3.8, 4) is 0 Å². The summed E-state index contributed by atoms with van der Waals surface area (Å²) >= 11 is 3.41. The lowest BCUT2D eigenvalue weighted by molar-refractivity contribution is -0.139. The van der Waals surface area contributed by atoms with Crippen LogP contribution in [0.4, 0.5) is 0 Å². The SMILES string of the molecule is CCCCSC1(C(=O)O)CCSC1. The van der Waals surface area contributed by atoms with E-state index in [1.165, 1.54) is 0 Å². The number of rotatable bonds is 5. The molecule has 0 spiro atoms. The Morgan fingerprint density at radius 3 is 2.92 bits per heavy atom. The topological polar surface area (TPSA) is 37.3 Å². The average Bonchev–Trinajstić information content (AvgIpc) is 2.55. The van der Waals surface area contributed by atoms with E-state index in [9.17, 15) is 4.79 Å². The van der Waals surface area contributed by atoms with Gasteiger partial charge in [0.25, 0.3) is 0 Å². The molecule has 0 aliphatic carbocycles. The zero-order chi connectivity index (χ0) is 9.73. The molecule has 0 radical (unpaired) electrons. The summed E-state index contributed by atoms with van der Waals surface area (Å²) in [6.45, 7) is 2.14. The molecular weight excluding hydrogens is 204 g/mol. The summed E-state index contributed by atoms with van der Waals surface area (Å²) in [5.74, 6) is 2.17. The van der Waals surface area contributed by atoms with Crippen molar-refractivity contribution in [3.63, 3.8) is 0 Å². The predicted molar refractivity (Wildman–Crippen MR) is 59.7 cm³/mol. The van der Waals surface area contributed by atoms with Crippen LogP contribution in [0.15, 0.2) is 0 Å². The largest absolute Gasteiger partial charge is 0.480 e. The highest BCUT2D eigenvalue weighted by atomic mass is 32.2. The fraction of sp³-hybridized carbons (Fsp3) is 0.889. The normalized spacial score (nSPS) is 27.8. The van der Waals surface area contributed by atoms with Crippen LogP contribution >= 0.6 is 23.5 Å². The Kier molecular flexibility index (Phi) is 4.46. The second-order valence-electron chi connectivity index (χ2n) is 3.30. The first-order chi connectivity index (χ1) is 6.21. The highest BCUT2D eigenvalue weighted by molar-refractivity contribution is 8.05. The lowest BCUT2D eigenvalue weighted by atomic mass is 10.1. The Morgan fingerprint density at radius 1 is 1.69 bits per heavy atom. The Morgan fingerprint density at radius 2 is 2.46 bits per heavy atom. The number of hydrogen-bond acceptors (Lipinski definition) is 3. The van der Waals surface area contributed by atoms with E-state index in [-0.39, 0.29) is 0 Å². The van der Waals surface area contributed by atoms with E-state index in [0.29, 0.717) is 0 Å². The third-order valence-electron chi connectivity index (χ3n) is 2.25. The van der Waals surface area contributed by atoms with Crippen LogP contribution in [-0.4, -0.2) is 33.1 Å². The van der Waals surface area contributed by atoms with Crippen molar-refractivity contribution in [1.29, 1.82) is 0 Å². The van der Waals surface area contributed by atoms with Crippen molar-refractivity contribution in [2.75, 3.05) is 17.3 Å². The number of carboxylic acids is 1. The molecule has 0 amide bonds. The highest BCUT2D eigenvalue weighted by Crippen LogP contribution is 2.40. The molecule has 76 valence electrons. The Labute approximate surface area is 87.9 Å². The van der Waals surface area contributed by atoms with E-state index in [2.05, 4.69) is 6.92 Å². The first-order valence-corrected chi connectivity index (χ1v) is 6.80. The number of unbranched alkanes of at least 4 members (excludes halogenated alkanes) is 1. The summed E-state index contributed by atoms with van der Waals surface area (Å²) in [6, 6.07) is 0. The fourth-order valence-electron chi connectivity index (χ4n) is 1.30. The molecule has 0 aromatic rings. The monoisotopic (exact) mass is 220 g/mol. The first kappa shape index (κ1) is 11.2. The molecule has 1 saturated heterocycles. The second kappa shape index (κ2) is 5.15. The molecule has 0 aromatic carbocycles. The third-order valence-corrected chi connectivity index (χ3v) is 5.19. The van der Waals surface area contributed by atoms with Gasteiger partial charge in [-0.1, -0.05) is 13.3 Å². The van der Waals surface area contributed by atoms with Crippen LogP contribution in [0.25, 0.3) is 0 Å². The second-order valence-corrected chi connectivity index (χ2v) is 5.89. The quantitative estimate of drug-likeness (QED) is 0.722. The molecule has 13 heavy (non-hydrogen) atoms. The van der Waals surface area contributed by atoms with Gasteiger partial charge in [-0.2, -0.15) is 11.8 Å². The summed E-state index contributed by atoms with van der Waals surface area (Å²) in [7, 11) is 0. The van der Waals surface area contributed by atoms with Gasteiger partial charge >= 0.3 is 5.97 Å². The number of aliphatic carboxylic acids is 1. The van der Waals surface area contributed by atoms with Crippen molar-refractivity contribution >= 4 is 29.5 Å². The molecule has 0 aromatic heterocycles. The van der Waals surface area contributed by atoms with E-state index in [1.54, 1.807) is 23.5 Å². The van der Waals surface area contributed by atoms with Gasteiger partial charge in [-0.15, -0.1) is 11.8 Å². The summed E-state index contributed by atoms with van der Waals surface area (Å²) in [5.41, 5.74) is 0. The summed E-state index contributed by atoms with van der Waals surface area (Å²) in [4.78, 5) is 11.1. The van der Waals surface area contributed by atoms with Crippen molar-refractivity contribution < 1.29 is 9.90 Å². The lowest BCUT2D eigenvalue weighted by Gasteiger charge is -2.21. The smallest absolute Gasteiger partial charge is 0.320 e. The molecule has 2 nitrogen and oxygen atoms in total. The summed E-state index contributed by atoms with van der Waals surface area (Å²) in [6.07, 6.45) is 3.11. The standard InChI is InChI=1S/C9H16O2S2/c1-2-3-5-13-9(8(10)11)4-6-12-7-9/h2-7H2,1H3,(H,10,11). The average molecular weight is 220 g/mol. The maximum absolute atomic E-state index is 11.1. The van der Waals surface area contributed by atoms with Crippen molar-refractivity contribution in [3.05, 3.63) is 0 Å². The van der Waals surface area contributed by atoms with Crippen LogP contribution in [0.5, 0.6) is 0 Å². The van der Waals surface area contributed by atoms with Crippen LogP contribution in [-0.2, 0) is 4.79 Å². The molecule has 1 N–H and O–H groups in total. The van der Waals surface area contributed by atoms with Gasteiger partial charge in [-0.3, -0.25) is 4.79 Å². The van der Waals surface area contributed by atoms with Crippen LogP contribution in [0.1, 0.15) is 26.2 Å². The van der Waals surface area contributed by atoms with Gasteiger partial charge in [0, 0.05) is 5.75 Å². The van der Waals surface area contributed by atoms with Gasteiger partial charge in [0.1, 0.15) is 4.75 Å². The number of hydrogen-bond donors (Lipinski definition) is 1. The number of carbonyl (C=O) groups is 1. The Balaban J connectivity index is 2.43. The van der Waals surface area contributed by atoms with Crippen LogP contribution in [0.3, 0.4) is 0 Å². The van der Waals surface area contributed by atoms with E-state index in [4.69, 9.17) is 5.11 Å². The van der Waals surface area contributed by atoms with Gasteiger partial charge in [0.05, 0.1) is 0 Å². The predicted octanol–water partition coefficient (Wildman–Crippen LogP) is 2.48. The molecule has 1 rings (SSSR count). The maximum Gasteiger partial charge on any atom is 0.320 e. The summed E-state index contributed by atoms with van der Waals surface area (Å²) in [5, 5.41) is 9.13. The molecular formula is C9H16O2S2. The van der Waals surface area contributed by atoms with Crippen LogP contribution < -0.4 is 0 Å². The Bertz CT molecular complexity index is 176. The number of thioether (sulfide) groups is 2. The van der Waals surface area contributed by atoms with Gasteiger partial charge in [-0.05, 0) is 24.3 Å². The van der Waals surface area contributed by atoms with Crippen molar-refractivity contribution in [2.45, 2.75) is 30.9 Å². The van der Waals surface area contributed by atoms with Crippen LogP contribution in [0.2, 0.25) is 0 Å². The molecule has 1 fully saturated rings. The zero-order valence-corrected chi connectivity index (χ0v) is 9.55. The lowest BCUT2D eigenvalue weighted by Crippen LogP contribution is -2.35. The van der Waals surface area contributed by atoms with Crippen LogP contribution in [0, 0.1) is 0 Å². The van der Waals surface area contributed by atoms with Gasteiger partial charge in [-0.25, -0.2) is 0 Å².